The average Bonchev–Trinajstić information content (AvgIpc) is 2.90. The lowest BCUT2D eigenvalue weighted by molar-refractivity contribution is 0.205. The molecule has 186 valence electrons. The minimum Gasteiger partial charge on any atom is -0.494 e. The van der Waals surface area contributed by atoms with E-state index in [9.17, 15) is 9.59 Å². The molecule has 0 aliphatic heterocycles. The Labute approximate surface area is 210 Å². The fourth-order valence-corrected chi connectivity index (χ4v) is 3.94. The molecule has 1 aromatic heterocycles. The van der Waals surface area contributed by atoms with E-state index in [0.29, 0.717) is 47.1 Å². The molecule has 8 heteroatoms. The first-order valence-electron chi connectivity index (χ1n) is 11.9. The van der Waals surface area contributed by atoms with Crippen LogP contribution in [0.4, 0.5) is 10.5 Å². The van der Waals surface area contributed by atoms with Crippen LogP contribution in [0.3, 0.4) is 0 Å². The number of carbonyl (C=O) groups is 1. The minimum absolute atomic E-state index is 0.227. The first kappa shape index (κ1) is 24.8. The quantitative estimate of drug-likeness (QED) is 0.360. The molecule has 0 saturated carbocycles. The van der Waals surface area contributed by atoms with E-state index in [1.165, 1.54) is 4.90 Å². The third-order valence-corrected chi connectivity index (χ3v) is 5.90. The van der Waals surface area contributed by atoms with Crippen LogP contribution in [0.25, 0.3) is 16.6 Å². The fourth-order valence-electron chi connectivity index (χ4n) is 3.94. The van der Waals surface area contributed by atoms with Gasteiger partial charge in [0.15, 0.2) is 0 Å². The summed E-state index contributed by atoms with van der Waals surface area (Å²) in [7, 11) is 1.68. The number of hydrogen-bond donors (Lipinski definition) is 1. The van der Waals surface area contributed by atoms with Crippen LogP contribution in [0.15, 0.2) is 77.6 Å². The van der Waals surface area contributed by atoms with E-state index < -0.39 is 6.04 Å². The zero-order chi connectivity index (χ0) is 25.7. The van der Waals surface area contributed by atoms with Crippen molar-refractivity contribution in [1.82, 2.24) is 14.5 Å². The number of nitrogens with zero attached hydrogens (tertiary/aromatic N) is 3. The van der Waals surface area contributed by atoms with Crippen molar-refractivity contribution in [1.29, 1.82) is 0 Å². The zero-order valence-corrected chi connectivity index (χ0v) is 20.9. The van der Waals surface area contributed by atoms with Gasteiger partial charge < -0.3 is 19.7 Å². The summed E-state index contributed by atoms with van der Waals surface area (Å²) < 4.78 is 12.8. The van der Waals surface area contributed by atoms with Crippen LogP contribution in [-0.4, -0.2) is 40.7 Å². The van der Waals surface area contributed by atoms with Crippen LogP contribution in [0.5, 0.6) is 11.5 Å². The Morgan fingerprint density at radius 2 is 1.64 bits per heavy atom. The van der Waals surface area contributed by atoms with Gasteiger partial charge in [-0.1, -0.05) is 24.3 Å². The molecule has 1 heterocycles. The van der Waals surface area contributed by atoms with E-state index in [1.54, 1.807) is 48.0 Å². The molecule has 4 aromatic rings. The summed E-state index contributed by atoms with van der Waals surface area (Å²) in [4.78, 5) is 33.2. The van der Waals surface area contributed by atoms with Crippen LogP contribution in [0.1, 0.15) is 32.6 Å². The van der Waals surface area contributed by atoms with E-state index in [1.807, 2.05) is 57.2 Å². The smallest absolute Gasteiger partial charge is 0.322 e. The molecule has 8 nitrogen and oxygen atoms in total. The lowest BCUT2D eigenvalue weighted by atomic mass is 10.2. The molecule has 1 atom stereocenters. The van der Waals surface area contributed by atoms with Crippen molar-refractivity contribution in [3.05, 3.63) is 89.0 Å². The van der Waals surface area contributed by atoms with Crippen molar-refractivity contribution in [2.45, 2.75) is 26.8 Å². The molecular weight excluding hydrogens is 456 g/mol. The van der Waals surface area contributed by atoms with Gasteiger partial charge in [-0.2, -0.15) is 0 Å². The molecule has 0 aliphatic carbocycles. The third-order valence-electron chi connectivity index (χ3n) is 5.90. The first-order valence-corrected chi connectivity index (χ1v) is 11.9. The van der Waals surface area contributed by atoms with Gasteiger partial charge in [0.05, 0.1) is 35.8 Å². The highest BCUT2D eigenvalue weighted by atomic mass is 16.5. The lowest BCUT2D eigenvalue weighted by Crippen LogP contribution is -2.37. The summed E-state index contributed by atoms with van der Waals surface area (Å²) >= 11 is 0. The Bertz CT molecular complexity index is 1420. The zero-order valence-electron chi connectivity index (χ0n) is 20.9. The van der Waals surface area contributed by atoms with E-state index >= 15 is 0 Å². The van der Waals surface area contributed by atoms with Crippen LogP contribution in [0, 0.1) is 0 Å². The molecule has 36 heavy (non-hydrogen) atoms. The van der Waals surface area contributed by atoms with Gasteiger partial charge in [-0.15, -0.1) is 0 Å². The SMILES string of the molecule is CCOc1ccc(NC(=O)N(C)C(C)c2nc3ccccc3c(=O)n2-c2ccccc2OCC)cc1. The van der Waals surface area contributed by atoms with Crippen molar-refractivity contribution in [3.8, 4) is 17.2 Å². The highest BCUT2D eigenvalue weighted by Crippen LogP contribution is 2.27. The van der Waals surface area contributed by atoms with Gasteiger partial charge >= 0.3 is 6.03 Å². The topological polar surface area (TPSA) is 85.7 Å². The number of fused-ring (bicyclic) bond motifs is 1. The molecule has 0 bridgehead atoms. The van der Waals surface area contributed by atoms with Gasteiger partial charge in [0.2, 0.25) is 0 Å². The molecule has 3 aromatic carbocycles. The van der Waals surface area contributed by atoms with Crippen LogP contribution in [-0.2, 0) is 0 Å². The molecule has 0 spiro atoms. The summed E-state index contributed by atoms with van der Waals surface area (Å²) in [6.07, 6.45) is 0. The monoisotopic (exact) mass is 486 g/mol. The number of rotatable bonds is 8. The number of amides is 2. The Hall–Kier alpha value is -4.33. The maximum absolute atomic E-state index is 13.7. The highest BCUT2D eigenvalue weighted by Gasteiger charge is 2.25. The predicted molar refractivity (Wildman–Crippen MR) is 141 cm³/mol. The third kappa shape index (κ3) is 5.02. The maximum Gasteiger partial charge on any atom is 0.322 e. The summed E-state index contributed by atoms with van der Waals surface area (Å²) in [5.74, 6) is 1.72. The molecule has 0 fully saturated rings. The number of carbonyl (C=O) groups excluding carboxylic acids is 1. The van der Waals surface area contributed by atoms with Gasteiger partial charge in [-0.25, -0.2) is 9.78 Å². The van der Waals surface area contributed by atoms with Crippen molar-refractivity contribution in [2.24, 2.45) is 0 Å². The average molecular weight is 487 g/mol. The summed E-state index contributed by atoms with van der Waals surface area (Å²) in [5, 5.41) is 3.38. The number of para-hydroxylation sites is 3. The second-order valence-corrected chi connectivity index (χ2v) is 8.20. The van der Waals surface area contributed by atoms with Gasteiger partial charge in [0.25, 0.3) is 5.56 Å². The van der Waals surface area contributed by atoms with Crippen molar-refractivity contribution in [3.63, 3.8) is 0 Å². The number of urea groups is 1. The van der Waals surface area contributed by atoms with E-state index in [-0.39, 0.29) is 11.6 Å². The standard InChI is InChI=1S/C28H30N4O4/c1-5-35-21-17-15-20(16-18-21)29-28(34)31(4)19(3)26-30-23-12-8-7-11-22(23)27(33)32(26)24-13-9-10-14-25(24)36-6-2/h7-19H,5-6H2,1-4H3,(H,29,34). The second kappa shape index (κ2) is 10.9. The van der Waals surface area contributed by atoms with Gasteiger partial charge in [0, 0.05) is 12.7 Å². The first-order chi connectivity index (χ1) is 17.4. The number of aromatic nitrogens is 2. The van der Waals surface area contributed by atoms with Crippen molar-refractivity contribution >= 4 is 22.6 Å². The Balaban J connectivity index is 1.74. The molecule has 2 amide bonds. The summed E-state index contributed by atoms with van der Waals surface area (Å²) in [6.45, 7) is 6.66. The number of nitrogens with one attached hydrogen (secondary N) is 1. The molecule has 0 saturated heterocycles. The van der Waals surface area contributed by atoms with Crippen molar-refractivity contribution in [2.75, 3.05) is 25.6 Å². The Morgan fingerprint density at radius 3 is 2.36 bits per heavy atom. The van der Waals surface area contributed by atoms with Gasteiger partial charge in [-0.3, -0.25) is 9.36 Å². The molecular formula is C28H30N4O4. The van der Waals surface area contributed by atoms with E-state index in [0.717, 1.165) is 5.75 Å². The summed E-state index contributed by atoms with van der Waals surface area (Å²) in [6, 6.07) is 20.8. The molecule has 1 N–H and O–H groups in total. The lowest BCUT2D eigenvalue weighted by Gasteiger charge is -2.27. The van der Waals surface area contributed by atoms with E-state index in [2.05, 4.69) is 5.32 Å². The van der Waals surface area contributed by atoms with Crippen LogP contribution >= 0.6 is 0 Å². The van der Waals surface area contributed by atoms with Gasteiger partial charge in [-0.05, 0) is 69.3 Å². The van der Waals surface area contributed by atoms with Crippen LogP contribution < -0.4 is 20.3 Å². The number of benzene rings is 3. The molecule has 0 radical (unpaired) electrons. The second-order valence-electron chi connectivity index (χ2n) is 8.20. The predicted octanol–water partition coefficient (Wildman–Crippen LogP) is 5.41. The summed E-state index contributed by atoms with van der Waals surface area (Å²) in [5.41, 5.74) is 1.54. The Kier molecular flexibility index (Phi) is 7.53. The van der Waals surface area contributed by atoms with Gasteiger partial charge in [0.1, 0.15) is 17.3 Å². The molecule has 1 unspecified atom stereocenters. The highest BCUT2D eigenvalue weighted by molar-refractivity contribution is 5.89. The largest absolute Gasteiger partial charge is 0.494 e. The normalized spacial score (nSPS) is 11.7. The van der Waals surface area contributed by atoms with Crippen LogP contribution in [0.2, 0.25) is 0 Å². The fraction of sp³-hybridized carbons (Fsp3) is 0.250. The van der Waals surface area contributed by atoms with E-state index in [4.69, 9.17) is 14.5 Å². The number of ether oxygens (including phenoxy) is 2. The number of anilines is 1. The number of hydrogen-bond acceptors (Lipinski definition) is 5. The minimum atomic E-state index is -0.542. The maximum atomic E-state index is 13.7. The molecule has 0 aliphatic rings. The Morgan fingerprint density at radius 1 is 0.972 bits per heavy atom. The van der Waals surface area contributed by atoms with Crippen molar-refractivity contribution < 1.29 is 14.3 Å². The molecule has 4 rings (SSSR count).